The van der Waals surface area contributed by atoms with Crippen molar-refractivity contribution >= 4 is 22.2 Å². The first-order valence-electron chi connectivity index (χ1n) is 6.60. The second-order valence-corrected chi connectivity index (χ2v) is 5.62. The highest BCUT2D eigenvalue weighted by Crippen LogP contribution is 2.15. The van der Waals surface area contributed by atoms with E-state index in [1.165, 1.54) is 11.3 Å². The van der Waals surface area contributed by atoms with Crippen molar-refractivity contribution in [2.45, 2.75) is 13.0 Å². The summed E-state index contributed by atoms with van der Waals surface area (Å²) in [5.41, 5.74) is 2.58. The van der Waals surface area contributed by atoms with Crippen LogP contribution in [0.2, 0.25) is 0 Å². The van der Waals surface area contributed by atoms with E-state index < -0.39 is 0 Å². The predicted molar refractivity (Wildman–Crippen MR) is 74.7 cm³/mol. The van der Waals surface area contributed by atoms with Crippen LogP contribution < -0.4 is 5.32 Å². The summed E-state index contributed by atoms with van der Waals surface area (Å²) in [5.74, 6) is 0.0173. The van der Waals surface area contributed by atoms with Crippen molar-refractivity contribution in [3.63, 3.8) is 0 Å². The molecule has 8 heteroatoms. The molecule has 0 radical (unpaired) electrons. The molecular formula is C12H17N5O2S. The average Bonchev–Trinajstić information content (AvgIpc) is 3.00. The maximum absolute atomic E-state index is 12.0. The summed E-state index contributed by atoms with van der Waals surface area (Å²) in [5, 5.41) is 7.11. The third-order valence-electron chi connectivity index (χ3n) is 3.30. The van der Waals surface area contributed by atoms with Crippen LogP contribution in [0.3, 0.4) is 0 Å². The Hall–Kier alpha value is -1.51. The van der Waals surface area contributed by atoms with Gasteiger partial charge in [0.05, 0.1) is 37.7 Å². The SMILES string of the molecule is C[C@@H](NC(=O)CN1CCOCC1)c1cn2ncsc2n1. The summed E-state index contributed by atoms with van der Waals surface area (Å²) in [4.78, 5) is 19.4. The number of carbonyl (C=O) groups excluding carboxylic acids is 1. The fourth-order valence-electron chi connectivity index (χ4n) is 2.19. The smallest absolute Gasteiger partial charge is 0.234 e. The number of hydrogen-bond acceptors (Lipinski definition) is 6. The number of hydrogen-bond donors (Lipinski definition) is 1. The Balaban J connectivity index is 1.56. The molecule has 0 spiro atoms. The van der Waals surface area contributed by atoms with Crippen LogP contribution in [-0.4, -0.2) is 58.3 Å². The number of fused-ring (bicyclic) bond motifs is 1. The highest BCUT2D eigenvalue weighted by molar-refractivity contribution is 7.14. The molecule has 1 aliphatic heterocycles. The largest absolute Gasteiger partial charge is 0.379 e. The van der Waals surface area contributed by atoms with E-state index in [9.17, 15) is 4.79 Å². The Bertz CT molecular complexity index is 561. The summed E-state index contributed by atoms with van der Waals surface area (Å²) >= 11 is 1.48. The maximum Gasteiger partial charge on any atom is 0.234 e. The number of amides is 1. The van der Waals surface area contributed by atoms with Crippen LogP contribution in [0.15, 0.2) is 11.7 Å². The number of rotatable bonds is 4. The zero-order chi connectivity index (χ0) is 13.9. The third-order valence-corrected chi connectivity index (χ3v) is 3.99. The third kappa shape index (κ3) is 2.97. The molecule has 1 aliphatic rings. The van der Waals surface area contributed by atoms with Gasteiger partial charge in [-0.2, -0.15) is 5.10 Å². The number of imidazole rings is 1. The second kappa shape index (κ2) is 5.86. The Labute approximate surface area is 120 Å². The molecule has 1 amide bonds. The first kappa shape index (κ1) is 13.5. The molecule has 2 aromatic heterocycles. The first-order valence-corrected chi connectivity index (χ1v) is 7.48. The lowest BCUT2D eigenvalue weighted by Crippen LogP contribution is -2.43. The van der Waals surface area contributed by atoms with E-state index in [1.807, 2.05) is 13.1 Å². The summed E-state index contributed by atoms with van der Waals surface area (Å²) in [6.45, 7) is 5.37. The van der Waals surface area contributed by atoms with Gasteiger partial charge < -0.3 is 10.1 Å². The number of aromatic nitrogens is 3. The van der Waals surface area contributed by atoms with Crippen LogP contribution in [0.5, 0.6) is 0 Å². The van der Waals surface area contributed by atoms with Gasteiger partial charge in [0.15, 0.2) is 0 Å². The summed E-state index contributed by atoms with van der Waals surface area (Å²) in [6, 6.07) is -0.113. The van der Waals surface area contributed by atoms with E-state index in [1.54, 1.807) is 10.0 Å². The Morgan fingerprint density at radius 3 is 3.10 bits per heavy atom. The number of carbonyl (C=O) groups is 1. The van der Waals surface area contributed by atoms with Crippen molar-refractivity contribution in [3.8, 4) is 0 Å². The van der Waals surface area contributed by atoms with Crippen molar-refractivity contribution in [2.75, 3.05) is 32.8 Å². The van der Waals surface area contributed by atoms with Crippen LogP contribution in [0.1, 0.15) is 18.7 Å². The lowest BCUT2D eigenvalue weighted by molar-refractivity contribution is -0.123. The molecular weight excluding hydrogens is 278 g/mol. The van der Waals surface area contributed by atoms with Gasteiger partial charge in [-0.25, -0.2) is 9.50 Å². The highest BCUT2D eigenvalue weighted by Gasteiger charge is 2.17. The van der Waals surface area contributed by atoms with Gasteiger partial charge >= 0.3 is 0 Å². The summed E-state index contributed by atoms with van der Waals surface area (Å²) in [7, 11) is 0. The summed E-state index contributed by atoms with van der Waals surface area (Å²) in [6.07, 6.45) is 1.85. The average molecular weight is 295 g/mol. The van der Waals surface area contributed by atoms with Crippen LogP contribution in [-0.2, 0) is 9.53 Å². The van der Waals surface area contributed by atoms with Crippen LogP contribution >= 0.6 is 11.3 Å². The van der Waals surface area contributed by atoms with Crippen molar-refractivity contribution in [3.05, 3.63) is 17.4 Å². The Kier molecular flexibility index (Phi) is 3.95. The number of nitrogens with zero attached hydrogens (tertiary/aromatic N) is 4. The Morgan fingerprint density at radius 1 is 1.55 bits per heavy atom. The topological polar surface area (TPSA) is 71.8 Å². The number of morpholine rings is 1. The van der Waals surface area contributed by atoms with Gasteiger partial charge in [-0.15, -0.1) is 0 Å². The molecule has 0 aromatic carbocycles. The fraction of sp³-hybridized carbons (Fsp3) is 0.583. The monoisotopic (exact) mass is 295 g/mol. The first-order chi connectivity index (χ1) is 9.72. The van der Waals surface area contributed by atoms with Crippen molar-refractivity contribution in [1.29, 1.82) is 0 Å². The van der Waals surface area contributed by atoms with E-state index in [2.05, 4.69) is 20.3 Å². The molecule has 20 heavy (non-hydrogen) atoms. The summed E-state index contributed by atoms with van der Waals surface area (Å²) < 4.78 is 6.99. The molecule has 0 saturated carbocycles. The van der Waals surface area contributed by atoms with Gasteiger partial charge in [-0.3, -0.25) is 9.69 Å². The minimum atomic E-state index is -0.113. The number of nitrogens with one attached hydrogen (secondary N) is 1. The fourth-order valence-corrected chi connectivity index (χ4v) is 2.80. The zero-order valence-corrected chi connectivity index (χ0v) is 12.1. The minimum absolute atomic E-state index is 0.0173. The molecule has 1 atom stereocenters. The molecule has 1 N–H and O–H groups in total. The molecule has 7 nitrogen and oxygen atoms in total. The normalized spacial score (nSPS) is 18.2. The van der Waals surface area contributed by atoms with Gasteiger partial charge in [0.1, 0.15) is 5.51 Å². The van der Waals surface area contributed by atoms with Crippen molar-refractivity contribution in [1.82, 2.24) is 24.8 Å². The predicted octanol–water partition coefficient (Wildman–Crippen LogP) is 0.300. The molecule has 3 heterocycles. The van der Waals surface area contributed by atoms with Gasteiger partial charge in [-0.05, 0) is 6.92 Å². The molecule has 0 bridgehead atoms. The lowest BCUT2D eigenvalue weighted by atomic mass is 10.2. The van der Waals surface area contributed by atoms with Gasteiger partial charge in [0.2, 0.25) is 10.9 Å². The van der Waals surface area contributed by atoms with Crippen molar-refractivity contribution in [2.24, 2.45) is 0 Å². The van der Waals surface area contributed by atoms with Gasteiger partial charge in [0.25, 0.3) is 0 Å². The molecule has 0 unspecified atom stereocenters. The number of ether oxygens (including phenoxy) is 1. The van der Waals surface area contributed by atoms with E-state index in [4.69, 9.17) is 4.74 Å². The maximum atomic E-state index is 12.0. The molecule has 108 valence electrons. The molecule has 0 aliphatic carbocycles. The molecule has 3 rings (SSSR count). The van der Waals surface area contributed by atoms with E-state index >= 15 is 0 Å². The second-order valence-electron chi connectivity index (χ2n) is 4.81. The molecule has 1 saturated heterocycles. The van der Waals surface area contributed by atoms with Crippen LogP contribution in [0.4, 0.5) is 0 Å². The van der Waals surface area contributed by atoms with Crippen molar-refractivity contribution < 1.29 is 9.53 Å². The van der Waals surface area contributed by atoms with Gasteiger partial charge in [0, 0.05) is 13.1 Å². The quantitative estimate of drug-likeness (QED) is 0.878. The van der Waals surface area contributed by atoms with E-state index in [0.29, 0.717) is 19.8 Å². The van der Waals surface area contributed by atoms with Crippen LogP contribution in [0.25, 0.3) is 4.96 Å². The molecule has 1 fully saturated rings. The van der Waals surface area contributed by atoms with Gasteiger partial charge in [-0.1, -0.05) is 11.3 Å². The van der Waals surface area contributed by atoms with E-state index in [-0.39, 0.29) is 11.9 Å². The zero-order valence-electron chi connectivity index (χ0n) is 11.3. The Morgan fingerprint density at radius 2 is 2.35 bits per heavy atom. The highest BCUT2D eigenvalue weighted by atomic mass is 32.1. The lowest BCUT2D eigenvalue weighted by Gasteiger charge is -2.26. The standard InChI is InChI=1S/C12H17N5O2S/c1-9(10-6-17-12(15-10)20-8-13-17)14-11(18)7-16-2-4-19-5-3-16/h6,8-9H,2-5,7H2,1H3,(H,14,18)/t9-/m1/s1. The molecule has 2 aromatic rings. The van der Waals surface area contributed by atoms with E-state index in [0.717, 1.165) is 23.7 Å². The minimum Gasteiger partial charge on any atom is -0.379 e. The van der Waals surface area contributed by atoms with Crippen LogP contribution in [0, 0.1) is 0 Å².